The van der Waals surface area contributed by atoms with E-state index in [1.165, 1.54) is 18.4 Å². The number of nitrogens with one attached hydrogen (secondary N) is 1. The monoisotopic (exact) mass is 225 g/mol. The molecule has 1 aromatic rings. The Labute approximate surface area is 98.0 Å². The SMILES string of the molecule is COCCNCCCCc1cn(C)nc1C. The molecular weight excluding hydrogens is 202 g/mol. The van der Waals surface area contributed by atoms with Gasteiger partial charge in [-0.25, -0.2) is 0 Å². The first-order chi connectivity index (χ1) is 7.74. The quantitative estimate of drug-likeness (QED) is 0.678. The first-order valence-corrected chi connectivity index (χ1v) is 5.93. The van der Waals surface area contributed by atoms with Gasteiger partial charge in [0.25, 0.3) is 0 Å². The average molecular weight is 225 g/mol. The fourth-order valence-electron chi connectivity index (χ4n) is 1.76. The van der Waals surface area contributed by atoms with Gasteiger partial charge >= 0.3 is 0 Å². The van der Waals surface area contributed by atoms with Gasteiger partial charge in [-0.15, -0.1) is 0 Å². The van der Waals surface area contributed by atoms with Gasteiger partial charge in [-0.2, -0.15) is 5.10 Å². The van der Waals surface area contributed by atoms with E-state index in [2.05, 4.69) is 23.5 Å². The van der Waals surface area contributed by atoms with Crippen LogP contribution in [0.25, 0.3) is 0 Å². The molecule has 0 fully saturated rings. The summed E-state index contributed by atoms with van der Waals surface area (Å²) in [6.45, 7) is 4.89. The van der Waals surface area contributed by atoms with E-state index in [1.54, 1.807) is 7.11 Å². The molecule has 0 aliphatic heterocycles. The maximum Gasteiger partial charge on any atom is 0.0625 e. The van der Waals surface area contributed by atoms with Gasteiger partial charge in [-0.05, 0) is 38.3 Å². The van der Waals surface area contributed by atoms with Crippen molar-refractivity contribution in [2.75, 3.05) is 26.8 Å². The van der Waals surface area contributed by atoms with E-state index in [9.17, 15) is 0 Å². The molecule has 92 valence electrons. The lowest BCUT2D eigenvalue weighted by atomic mass is 10.1. The topological polar surface area (TPSA) is 39.1 Å². The van der Waals surface area contributed by atoms with Gasteiger partial charge in [-0.3, -0.25) is 4.68 Å². The van der Waals surface area contributed by atoms with Crippen LogP contribution in [0.3, 0.4) is 0 Å². The lowest BCUT2D eigenvalue weighted by Gasteiger charge is -2.03. The van der Waals surface area contributed by atoms with E-state index in [4.69, 9.17) is 4.74 Å². The highest BCUT2D eigenvalue weighted by atomic mass is 16.5. The first-order valence-electron chi connectivity index (χ1n) is 5.93. The van der Waals surface area contributed by atoms with Crippen LogP contribution in [-0.4, -0.2) is 36.6 Å². The Balaban J connectivity index is 2.05. The molecule has 0 unspecified atom stereocenters. The normalized spacial score (nSPS) is 10.9. The van der Waals surface area contributed by atoms with Crippen LogP contribution in [0.2, 0.25) is 0 Å². The summed E-state index contributed by atoms with van der Waals surface area (Å²) in [5.74, 6) is 0. The highest BCUT2D eigenvalue weighted by Crippen LogP contribution is 2.08. The molecule has 1 heterocycles. The van der Waals surface area contributed by atoms with E-state index in [0.29, 0.717) is 0 Å². The molecule has 0 amide bonds. The number of aryl methyl sites for hydroxylation is 3. The smallest absolute Gasteiger partial charge is 0.0625 e. The van der Waals surface area contributed by atoms with Gasteiger partial charge in [0.05, 0.1) is 12.3 Å². The standard InChI is InChI=1S/C12H23N3O/c1-11-12(10-15(2)14-11)6-4-5-7-13-8-9-16-3/h10,13H,4-9H2,1-3H3. The number of ether oxygens (including phenoxy) is 1. The van der Waals surface area contributed by atoms with Crippen molar-refractivity contribution < 1.29 is 4.74 Å². The van der Waals surface area contributed by atoms with Crippen LogP contribution < -0.4 is 5.32 Å². The summed E-state index contributed by atoms with van der Waals surface area (Å²) < 4.78 is 6.85. The van der Waals surface area contributed by atoms with Gasteiger partial charge in [0, 0.05) is 26.9 Å². The Morgan fingerprint density at radius 1 is 1.38 bits per heavy atom. The second-order valence-electron chi connectivity index (χ2n) is 4.11. The summed E-state index contributed by atoms with van der Waals surface area (Å²) in [5, 5.41) is 7.68. The summed E-state index contributed by atoms with van der Waals surface area (Å²) >= 11 is 0. The molecule has 0 aromatic carbocycles. The van der Waals surface area contributed by atoms with E-state index in [-0.39, 0.29) is 0 Å². The zero-order valence-corrected chi connectivity index (χ0v) is 10.6. The second kappa shape index (κ2) is 7.41. The molecule has 4 nitrogen and oxygen atoms in total. The molecule has 0 aliphatic carbocycles. The Bertz CT molecular complexity index is 296. The van der Waals surface area contributed by atoms with Crippen molar-refractivity contribution >= 4 is 0 Å². The van der Waals surface area contributed by atoms with Crippen LogP contribution in [0.5, 0.6) is 0 Å². The second-order valence-corrected chi connectivity index (χ2v) is 4.11. The van der Waals surface area contributed by atoms with E-state index in [0.717, 1.165) is 31.8 Å². The maximum absolute atomic E-state index is 4.96. The fourth-order valence-corrected chi connectivity index (χ4v) is 1.76. The Hall–Kier alpha value is -0.870. The zero-order valence-electron chi connectivity index (χ0n) is 10.6. The van der Waals surface area contributed by atoms with Gasteiger partial charge in [0.15, 0.2) is 0 Å². The third-order valence-electron chi connectivity index (χ3n) is 2.65. The van der Waals surface area contributed by atoms with Crippen LogP contribution in [0.4, 0.5) is 0 Å². The van der Waals surface area contributed by atoms with Crippen LogP contribution >= 0.6 is 0 Å². The first kappa shape index (κ1) is 13.2. The predicted molar refractivity (Wildman–Crippen MR) is 65.6 cm³/mol. The molecule has 0 saturated heterocycles. The summed E-state index contributed by atoms with van der Waals surface area (Å²) in [6.07, 6.45) is 5.67. The Morgan fingerprint density at radius 2 is 2.19 bits per heavy atom. The molecular formula is C12H23N3O. The maximum atomic E-state index is 4.96. The number of hydrogen-bond acceptors (Lipinski definition) is 3. The lowest BCUT2D eigenvalue weighted by molar-refractivity contribution is 0.199. The number of rotatable bonds is 8. The third kappa shape index (κ3) is 4.77. The van der Waals surface area contributed by atoms with Crippen LogP contribution in [0.15, 0.2) is 6.20 Å². The molecule has 0 spiro atoms. The van der Waals surface area contributed by atoms with Crippen molar-refractivity contribution in [3.63, 3.8) is 0 Å². The van der Waals surface area contributed by atoms with Crippen molar-refractivity contribution in [1.29, 1.82) is 0 Å². The highest BCUT2D eigenvalue weighted by Gasteiger charge is 2.01. The van der Waals surface area contributed by atoms with Crippen LogP contribution in [-0.2, 0) is 18.2 Å². The van der Waals surface area contributed by atoms with Crippen molar-refractivity contribution in [1.82, 2.24) is 15.1 Å². The molecule has 0 radical (unpaired) electrons. The summed E-state index contributed by atoms with van der Waals surface area (Å²) in [4.78, 5) is 0. The van der Waals surface area contributed by atoms with Crippen molar-refractivity contribution in [3.8, 4) is 0 Å². The minimum atomic E-state index is 0.793. The molecule has 1 rings (SSSR count). The van der Waals surface area contributed by atoms with Gasteiger partial charge < -0.3 is 10.1 Å². The summed E-state index contributed by atoms with van der Waals surface area (Å²) in [6, 6.07) is 0. The number of hydrogen-bond donors (Lipinski definition) is 1. The van der Waals surface area contributed by atoms with Crippen molar-refractivity contribution in [3.05, 3.63) is 17.5 Å². The molecule has 0 saturated carbocycles. The molecule has 0 atom stereocenters. The third-order valence-corrected chi connectivity index (χ3v) is 2.65. The van der Waals surface area contributed by atoms with Gasteiger partial charge in [0.2, 0.25) is 0 Å². The zero-order chi connectivity index (χ0) is 11.8. The lowest BCUT2D eigenvalue weighted by Crippen LogP contribution is -2.20. The minimum absolute atomic E-state index is 0.793. The Morgan fingerprint density at radius 3 is 2.81 bits per heavy atom. The number of unbranched alkanes of at least 4 members (excludes halogenated alkanes) is 1. The molecule has 4 heteroatoms. The summed E-state index contributed by atoms with van der Waals surface area (Å²) in [5.41, 5.74) is 2.54. The highest BCUT2D eigenvalue weighted by molar-refractivity contribution is 5.15. The van der Waals surface area contributed by atoms with Gasteiger partial charge in [-0.1, -0.05) is 0 Å². The Kier molecular flexibility index (Phi) is 6.11. The molecule has 0 bridgehead atoms. The number of aromatic nitrogens is 2. The van der Waals surface area contributed by atoms with Gasteiger partial charge in [0.1, 0.15) is 0 Å². The van der Waals surface area contributed by atoms with Crippen molar-refractivity contribution in [2.45, 2.75) is 26.2 Å². The van der Waals surface area contributed by atoms with Crippen LogP contribution in [0.1, 0.15) is 24.1 Å². The molecule has 1 N–H and O–H groups in total. The average Bonchev–Trinajstić information content (AvgIpc) is 2.56. The largest absolute Gasteiger partial charge is 0.383 e. The van der Waals surface area contributed by atoms with E-state index in [1.807, 2.05) is 11.7 Å². The molecule has 16 heavy (non-hydrogen) atoms. The number of methoxy groups -OCH3 is 1. The minimum Gasteiger partial charge on any atom is -0.383 e. The van der Waals surface area contributed by atoms with Crippen molar-refractivity contribution in [2.24, 2.45) is 7.05 Å². The molecule has 0 aliphatic rings. The number of nitrogens with zero attached hydrogens (tertiary/aromatic N) is 2. The van der Waals surface area contributed by atoms with E-state index < -0.39 is 0 Å². The fraction of sp³-hybridized carbons (Fsp3) is 0.750. The van der Waals surface area contributed by atoms with Crippen LogP contribution in [0, 0.1) is 6.92 Å². The van der Waals surface area contributed by atoms with E-state index >= 15 is 0 Å². The summed E-state index contributed by atoms with van der Waals surface area (Å²) in [7, 11) is 3.70. The molecule has 1 aromatic heterocycles. The predicted octanol–water partition coefficient (Wildman–Crippen LogP) is 1.29.